The maximum absolute atomic E-state index is 12.3. The zero-order valence-electron chi connectivity index (χ0n) is 12.3. The highest BCUT2D eigenvalue weighted by molar-refractivity contribution is 7.91. The molecule has 4 heteroatoms. The minimum Gasteiger partial charge on any atom is -0.381 e. The van der Waals surface area contributed by atoms with Crippen molar-refractivity contribution in [3.05, 3.63) is 24.3 Å². The highest BCUT2D eigenvalue weighted by Crippen LogP contribution is 2.26. The number of benzene rings is 1. The van der Waals surface area contributed by atoms with Gasteiger partial charge in [0.1, 0.15) is 0 Å². The van der Waals surface area contributed by atoms with Gasteiger partial charge < -0.3 is 5.32 Å². The zero-order chi connectivity index (χ0) is 14.4. The molecule has 1 fully saturated rings. The second-order valence-electron chi connectivity index (χ2n) is 5.65. The summed E-state index contributed by atoms with van der Waals surface area (Å²) in [6.07, 6.45) is 8.01. The number of hydrogen-bond acceptors (Lipinski definition) is 3. The van der Waals surface area contributed by atoms with Crippen LogP contribution in [-0.4, -0.2) is 20.2 Å². The fraction of sp³-hybridized carbons (Fsp3) is 0.625. The van der Waals surface area contributed by atoms with Crippen LogP contribution in [0.15, 0.2) is 29.2 Å². The molecule has 0 amide bonds. The highest BCUT2D eigenvalue weighted by atomic mass is 32.2. The van der Waals surface area contributed by atoms with E-state index in [0.29, 0.717) is 17.4 Å². The highest BCUT2D eigenvalue weighted by Gasteiger charge is 2.19. The molecular weight excluding hydrogens is 270 g/mol. The minimum absolute atomic E-state index is 0.219. The molecule has 0 bridgehead atoms. The molecule has 0 unspecified atom stereocenters. The number of hydrogen-bond donors (Lipinski definition) is 1. The van der Waals surface area contributed by atoms with E-state index in [0.717, 1.165) is 18.5 Å². The van der Waals surface area contributed by atoms with Gasteiger partial charge in [-0.25, -0.2) is 8.42 Å². The van der Waals surface area contributed by atoms with Gasteiger partial charge in [0.15, 0.2) is 9.84 Å². The lowest BCUT2D eigenvalue weighted by Gasteiger charge is -2.20. The molecule has 0 aliphatic heterocycles. The van der Waals surface area contributed by atoms with Gasteiger partial charge >= 0.3 is 0 Å². The minimum atomic E-state index is -3.16. The lowest BCUT2D eigenvalue weighted by Crippen LogP contribution is -2.20. The topological polar surface area (TPSA) is 46.2 Å². The van der Waals surface area contributed by atoms with E-state index in [9.17, 15) is 8.42 Å². The van der Waals surface area contributed by atoms with Crippen LogP contribution < -0.4 is 5.32 Å². The predicted octanol–water partition coefficient (Wildman–Crippen LogP) is 4.01. The van der Waals surface area contributed by atoms with Crippen molar-refractivity contribution in [3.8, 4) is 0 Å². The molecule has 0 atom stereocenters. The maximum atomic E-state index is 12.3. The van der Waals surface area contributed by atoms with Gasteiger partial charge in [-0.1, -0.05) is 44.7 Å². The fourth-order valence-corrected chi connectivity index (χ4v) is 4.38. The van der Waals surface area contributed by atoms with E-state index in [4.69, 9.17) is 0 Å². The van der Waals surface area contributed by atoms with Crippen molar-refractivity contribution in [1.29, 1.82) is 0 Å². The molecule has 0 saturated heterocycles. The SMILES string of the molecule is CCCS(=O)(=O)c1ccccc1NC1CCCCCC1. The third kappa shape index (κ3) is 3.98. The Balaban J connectivity index is 2.19. The van der Waals surface area contributed by atoms with Gasteiger partial charge in [-0.2, -0.15) is 0 Å². The van der Waals surface area contributed by atoms with Crippen molar-refractivity contribution in [2.24, 2.45) is 0 Å². The van der Waals surface area contributed by atoms with Crippen LogP contribution >= 0.6 is 0 Å². The van der Waals surface area contributed by atoms with Crippen LogP contribution in [0.4, 0.5) is 5.69 Å². The first-order valence-electron chi connectivity index (χ1n) is 7.72. The lowest BCUT2D eigenvalue weighted by molar-refractivity contribution is 0.593. The van der Waals surface area contributed by atoms with E-state index >= 15 is 0 Å². The van der Waals surface area contributed by atoms with E-state index in [2.05, 4.69) is 5.32 Å². The maximum Gasteiger partial charge on any atom is 0.180 e. The molecule has 1 aromatic rings. The first-order chi connectivity index (χ1) is 9.63. The van der Waals surface area contributed by atoms with E-state index in [-0.39, 0.29) is 5.75 Å². The van der Waals surface area contributed by atoms with Gasteiger partial charge in [0.25, 0.3) is 0 Å². The van der Waals surface area contributed by atoms with Crippen LogP contribution in [0.25, 0.3) is 0 Å². The van der Waals surface area contributed by atoms with Crippen LogP contribution in [0.2, 0.25) is 0 Å². The molecule has 0 radical (unpaired) electrons. The van der Waals surface area contributed by atoms with E-state index < -0.39 is 9.84 Å². The Labute approximate surface area is 122 Å². The summed E-state index contributed by atoms with van der Waals surface area (Å²) in [4.78, 5) is 0.464. The molecule has 112 valence electrons. The monoisotopic (exact) mass is 295 g/mol. The summed E-state index contributed by atoms with van der Waals surface area (Å²) in [5.41, 5.74) is 0.785. The molecule has 3 nitrogen and oxygen atoms in total. The molecule has 2 rings (SSSR count). The van der Waals surface area contributed by atoms with Crippen LogP contribution in [0.1, 0.15) is 51.9 Å². The quantitative estimate of drug-likeness (QED) is 0.835. The molecule has 0 aromatic heterocycles. The Kier molecular flexibility index (Phi) is 5.46. The molecule has 0 spiro atoms. The van der Waals surface area contributed by atoms with Crippen LogP contribution in [0.5, 0.6) is 0 Å². The number of rotatable bonds is 5. The molecular formula is C16H25NO2S. The van der Waals surface area contributed by atoms with Gasteiger partial charge in [-0.05, 0) is 31.4 Å². The van der Waals surface area contributed by atoms with Crippen molar-refractivity contribution in [2.45, 2.75) is 62.8 Å². The Morgan fingerprint density at radius 1 is 1.10 bits per heavy atom. The summed E-state index contributed by atoms with van der Waals surface area (Å²) in [6, 6.07) is 7.75. The Hall–Kier alpha value is -1.03. The number of nitrogens with one attached hydrogen (secondary N) is 1. The third-order valence-corrected chi connectivity index (χ3v) is 5.88. The molecule has 0 heterocycles. The third-order valence-electron chi connectivity index (χ3n) is 3.91. The van der Waals surface area contributed by atoms with Crippen molar-refractivity contribution in [3.63, 3.8) is 0 Å². The average molecular weight is 295 g/mol. The fourth-order valence-electron chi connectivity index (χ4n) is 2.88. The number of sulfone groups is 1. The normalized spacial score (nSPS) is 17.6. The largest absolute Gasteiger partial charge is 0.381 e. The lowest BCUT2D eigenvalue weighted by atomic mass is 10.1. The van der Waals surface area contributed by atoms with E-state index in [1.165, 1.54) is 25.7 Å². The van der Waals surface area contributed by atoms with Crippen LogP contribution in [0.3, 0.4) is 0 Å². The summed E-state index contributed by atoms with van der Waals surface area (Å²) in [7, 11) is -3.16. The predicted molar refractivity (Wildman–Crippen MR) is 83.9 cm³/mol. The second-order valence-corrected chi connectivity index (χ2v) is 7.73. The summed E-state index contributed by atoms with van der Waals surface area (Å²) < 4.78 is 24.6. The smallest absolute Gasteiger partial charge is 0.180 e. The molecule has 1 aromatic carbocycles. The summed E-state index contributed by atoms with van der Waals surface area (Å²) in [5, 5.41) is 3.47. The second kappa shape index (κ2) is 7.11. The summed E-state index contributed by atoms with van der Waals surface area (Å²) >= 11 is 0. The first-order valence-corrected chi connectivity index (χ1v) is 9.37. The summed E-state index contributed by atoms with van der Waals surface area (Å²) in [5.74, 6) is 0.219. The van der Waals surface area contributed by atoms with Gasteiger partial charge in [-0.3, -0.25) is 0 Å². The van der Waals surface area contributed by atoms with Gasteiger partial charge in [0.2, 0.25) is 0 Å². The zero-order valence-corrected chi connectivity index (χ0v) is 13.1. The van der Waals surface area contributed by atoms with Crippen LogP contribution in [0, 0.1) is 0 Å². The average Bonchev–Trinajstić information content (AvgIpc) is 2.68. The summed E-state index contributed by atoms with van der Waals surface area (Å²) in [6.45, 7) is 1.90. The standard InChI is InChI=1S/C16H25NO2S/c1-2-13-20(18,19)16-12-8-7-11-15(16)17-14-9-5-3-4-6-10-14/h7-8,11-12,14,17H,2-6,9-10,13H2,1H3. The Morgan fingerprint density at radius 2 is 1.75 bits per heavy atom. The Morgan fingerprint density at radius 3 is 2.40 bits per heavy atom. The van der Waals surface area contributed by atoms with Gasteiger partial charge in [0, 0.05) is 6.04 Å². The van der Waals surface area contributed by atoms with E-state index in [1.54, 1.807) is 12.1 Å². The van der Waals surface area contributed by atoms with Crippen molar-refractivity contribution in [2.75, 3.05) is 11.1 Å². The van der Waals surface area contributed by atoms with Crippen molar-refractivity contribution >= 4 is 15.5 Å². The Bertz CT molecular complexity index is 517. The molecule has 1 aliphatic rings. The van der Waals surface area contributed by atoms with Gasteiger partial charge in [-0.15, -0.1) is 0 Å². The number of anilines is 1. The first kappa shape index (κ1) is 15.4. The molecule has 20 heavy (non-hydrogen) atoms. The van der Waals surface area contributed by atoms with Crippen molar-refractivity contribution in [1.82, 2.24) is 0 Å². The molecule has 1 N–H and O–H groups in total. The molecule has 1 aliphatic carbocycles. The number of para-hydroxylation sites is 1. The van der Waals surface area contributed by atoms with Crippen LogP contribution in [-0.2, 0) is 9.84 Å². The van der Waals surface area contributed by atoms with Crippen molar-refractivity contribution < 1.29 is 8.42 Å². The van der Waals surface area contributed by atoms with Gasteiger partial charge in [0.05, 0.1) is 16.3 Å². The van der Waals surface area contributed by atoms with E-state index in [1.807, 2.05) is 19.1 Å². The molecule has 1 saturated carbocycles.